The van der Waals surface area contributed by atoms with Crippen molar-refractivity contribution in [2.24, 2.45) is 7.05 Å². The maximum atomic E-state index is 11.1. The molecule has 0 bridgehead atoms. The molecule has 70 valence electrons. The summed E-state index contributed by atoms with van der Waals surface area (Å²) in [5.41, 5.74) is -0.0528. The molecule has 13 heavy (non-hydrogen) atoms. The Kier molecular flexibility index (Phi) is 2.04. The van der Waals surface area contributed by atoms with Gasteiger partial charge in [-0.1, -0.05) is 0 Å². The maximum absolute atomic E-state index is 11.1. The molecule has 0 N–H and O–H groups in total. The fraction of sp³-hybridized carbons (Fsp3) is 0.556. The molecule has 4 heteroatoms. The average molecular weight is 179 g/mol. The summed E-state index contributed by atoms with van der Waals surface area (Å²) in [6.07, 6.45) is 2.45. The summed E-state index contributed by atoms with van der Waals surface area (Å²) in [5, 5.41) is 4.18. The summed E-state index contributed by atoms with van der Waals surface area (Å²) >= 11 is 0. The van der Waals surface area contributed by atoms with Crippen LogP contribution in [0.2, 0.25) is 0 Å². The zero-order valence-electron chi connectivity index (χ0n) is 7.73. The molecule has 1 aromatic heterocycles. The van der Waals surface area contributed by atoms with Gasteiger partial charge >= 0.3 is 0 Å². The molecule has 1 aliphatic rings. The van der Waals surface area contributed by atoms with Crippen molar-refractivity contribution in [1.82, 2.24) is 9.78 Å². The first-order valence-corrected chi connectivity index (χ1v) is 4.57. The van der Waals surface area contributed by atoms with E-state index < -0.39 is 0 Å². The summed E-state index contributed by atoms with van der Waals surface area (Å²) in [7, 11) is 1.68. The van der Waals surface area contributed by atoms with Gasteiger partial charge in [-0.2, -0.15) is 5.10 Å². The molecule has 0 spiro atoms. The van der Waals surface area contributed by atoms with Crippen LogP contribution in [-0.4, -0.2) is 22.9 Å². The summed E-state index contributed by atoms with van der Waals surface area (Å²) < 4.78 is 1.38. The quantitative estimate of drug-likeness (QED) is 0.625. The minimum Gasteiger partial charge on any atom is -0.355 e. The second kappa shape index (κ2) is 3.20. The van der Waals surface area contributed by atoms with Crippen LogP contribution >= 0.6 is 0 Å². The van der Waals surface area contributed by atoms with Gasteiger partial charge in [0, 0.05) is 26.2 Å². The van der Waals surface area contributed by atoms with Gasteiger partial charge in [-0.25, -0.2) is 4.68 Å². The Morgan fingerprint density at radius 2 is 2.00 bits per heavy atom. The molecule has 1 fully saturated rings. The third-order valence-corrected chi connectivity index (χ3v) is 2.38. The number of nitrogens with zero attached hydrogens (tertiary/aromatic N) is 3. The largest absolute Gasteiger partial charge is 0.355 e. The number of rotatable bonds is 1. The van der Waals surface area contributed by atoms with Crippen LogP contribution in [0.15, 0.2) is 16.9 Å². The first-order chi connectivity index (χ1) is 6.27. The van der Waals surface area contributed by atoms with Crippen molar-refractivity contribution in [3.63, 3.8) is 0 Å². The molecule has 2 rings (SSSR count). The molecule has 0 aliphatic carbocycles. The number of aromatic nitrogens is 2. The van der Waals surface area contributed by atoms with Crippen molar-refractivity contribution in [3.05, 3.63) is 22.5 Å². The van der Waals surface area contributed by atoms with Gasteiger partial charge in [-0.15, -0.1) is 0 Å². The van der Waals surface area contributed by atoms with E-state index in [1.165, 1.54) is 17.5 Å². The Bertz CT molecular complexity index is 352. The van der Waals surface area contributed by atoms with E-state index in [1.54, 1.807) is 19.2 Å². The minimum atomic E-state index is -0.0528. The zero-order chi connectivity index (χ0) is 9.26. The Hall–Kier alpha value is -1.32. The highest BCUT2D eigenvalue weighted by Crippen LogP contribution is 2.15. The second-order valence-corrected chi connectivity index (χ2v) is 3.35. The van der Waals surface area contributed by atoms with Gasteiger partial charge in [0.25, 0.3) is 5.56 Å². The van der Waals surface area contributed by atoms with E-state index >= 15 is 0 Å². The van der Waals surface area contributed by atoms with Gasteiger partial charge in [-0.05, 0) is 18.9 Å². The zero-order valence-corrected chi connectivity index (χ0v) is 7.73. The van der Waals surface area contributed by atoms with Gasteiger partial charge in [0.05, 0.1) is 0 Å². The molecule has 0 atom stereocenters. The lowest BCUT2D eigenvalue weighted by atomic mass is 10.4. The van der Waals surface area contributed by atoms with Crippen LogP contribution in [0.5, 0.6) is 0 Å². The lowest BCUT2D eigenvalue weighted by Crippen LogP contribution is -2.25. The Morgan fingerprint density at radius 3 is 2.62 bits per heavy atom. The summed E-state index contributed by atoms with van der Waals surface area (Å²) in [4.78, 5) is 13.3. The van der Waals surface area contributed by atoms with Crippen LogP contribution < -0.4 is 10.5 Å². The van der Waals surface area contributed by atoms with Crippen LogP contribution in [0, 0.1) is 0 Å². The highest BCUT2D eigenvalue weighted by molar-refractivity contribution is 5.37. The molecule has 0 saturated carbocycles. The molecule has 0 aromatic carbocycles. The van der Waals surface area contributed by atoms with E-state index in [0.29, 0.717) is 0 Å². The smallest absolute Gasteiger partial charge is 0.266 e. The van der Waals surface area contributed by atoms with E-state index in [1.807, 2.05) is 0 Å². The maximum Gasteiger partial charge on any atom is 0.266 e. The van der Waals surface area contributed by atoms with Crippen LogP contribution in [0.3, 0.4) is 0 Å². The number of anilines is 1. The topological polar surface area (TPSA) is 38.1 Å². The van der Waals surface area contributed by atoms with E-state index in [4.69, 9.17) is 0 Å². The van der Waals surface area contributed by atoms with E-state index in [2.05, 4.69) is 10.00 Å². The van der Waals surface area contributed by atoms with Crippen LogP contribution in [-0.2, 0) is 7.05 Å². The lowest BCUT2D eigenvalue weighted by Gasteiger charge is -2.15. The molecule has 1 saturated heterocycles. The van der Waals surface area contributed by atoms with Gasteiger partial charge < -0.3 is 4.90 Å². The summed E-state index contributed by atoms with van der Waals surface area (Å²) in [5.74, 6) is 0.916. The van der Waals surface area contributed by atoms with Crippen LogP contribution in [0.25, 0.3) is 0 Å². The van der Waals surface area contributed by atoms with Crippen molar-refractivity contribution in [1.29, 1.82) is 0 Å². The van der Waals surface area contributed by atoms with E-state index in [-0.39, 0.29) is 5.56 Å². The molecule has 1 aliphatic heterocycles. The fourth-order valence-corrected chi connectivity index (χ4v) is 1.60. The first-order valence-electron chi connectivity index (χ1n) is 4.57. The SMILES string of the molecule is Cn1nc(N2CCCC2)ccc1=O. The minimum absolute atomic E-state index is 0.0528. The van der Waals surface area contributed by atoms with Crippen molar-refractivity contribution < 1.29 is 0 Å². The molecule has 0 radical (unpaired) electrons. The molecular weight excluding hydrogens is 166 g/mol. The molecule has 2 heterocycles. The van der Waals surface area contributed by atoms with E-state index in [9.17, 15) is 4.79 Å². The Morgan fingerprint density at radius 1 is 1.31 bits per heavy atom. The highest BCUT2D eigenvalue weighted by atomic mass is 16.1. The van der Waals surface area contributed by atoms with Crippen molar-refractivity contribution >= 4 is 5.82 Å². The second-order valence-electron chi connectivity index (χ2n) is 3.35. The van der Waals surface area contributed by atoms with Gasteiger partial charge in [0.1, 0.15) is 5.82 Å². The van der Waals surface area contributed by atoms with Crippen molar-refractivity contribution in [3.8, 4) is 0 Å². The molecule has 4 nitrogen and oxygen atoms in total. The highest BCUT2D eigenvalue weighted by Gasteiger charge is 2.13. The predicted octanol–water partition coefficient (Wildman–Crippen LogP) is 0.381. The van der Waals surface area contributed by atoms with E-state index in [0.717, 1.165) is 18.9 Å². The van der Waals surface area contributed by atoms with Crippen molar-refractivity contribution in [2.45, 2.75) is 12.8 Å². The summed E-state index contributed by atoms with van der Waals surface area (Å²) in [6.45, 7) is 2.12. The molecular formula is C9H13N3O. The average Bonchev–Trinajstić information content (AvgIpc) is 2.62. The van der Waals surface area contributed by atoms with Crippen LogP contribution in [0.1, 0.15) is 12.8 Å². The number of aryl methyl sites for hydroxylation is 1. The Balaban J connectivity index is 2.30. The summed E-state index contributed by atoms with van der Waals surface area (Å²) in [6, 6.07) is 3.37. The van der Waals surface area contributed by atoms with Crippen LogP contribution in [0.4, 0.5) is 5.82 Å². The molecule has 1 aromatic rings. The van der Waals surface area contributed by atoms with Gasteiger partial charge in [0.15, 0.2) is 0 Å². The lowest BCUT2D eigenvalue weighted by molar-refractivity contribution is 0.695. The first kappa shape index (κ1) is 8.29. The number of hydrogen-bond donors (Lipinski definition) is 0. The fourth-order valence-electron chi connectivity index (χ4n) is 1.60. The monoisotopic (exact) mass is 179 g/mol. The molecule has 0 amide bonds. The normalized spacial score (nSPS) is 16.5. The van der Waals surface area contributed by atoms with Crippen molar-refractivity contribution in [2.75, 3.05) is 18.0 Å². The number of hydrogen-bond acceptors (Lipinski definition) is 3. The standard InChI is InChI=1S/C9H13N3O/c1-11-9(13)5-4-8(10-11)12-6-2-3-7-12/h4-5H,2-3,6-7H2,1H3. The Labute approximate surface area is 76.8 Å². The third kappa shape index (κ3) is 1.56. The van der Waals surface area contributed by atoms with Gasteiger partial charge in [0.2, 0.25) is 0 Å². The molecule has 0 unspecified atom stereocenters. The van der Waals surface area contributed by atoms with Gasteiger partial charge in [-0.3, -0.25) is 4.79 Å². The third-order valence-electron chi connectivity index (χ3n) is 2.38. The predicted molar refractivity (Wildman–Crippen MR) is 50.9 cm³/mol.